The highest BCUT2D eigenvalue weighted by Gasteiger charge is 2.31. The second-order valence-electron chi connectivity index (χ2n) is 3.97. The van der Waals surface area contributed by atoms with E-state index in [0.717, 1.165) is 12.1 Å². The minimum atomic E-state index is -4.81. The molecule has 0 unspecified atom stereocenters. The molecule has 1 aromatic carbocycles. The molecule has 0 fully saturated rings. The summed E-state index contributed by atoms with van der Waals surface area (Å²) < 4.78 is 41.4. The lowest BCUT2D eigenvalue weighted by molar-refractivity contribution is -0.274. The molecule has 0 saturated carbocycles. The number of aryl methyl sites for hydroxylation is 1. The highest BCUT2D eigenvalue weighted by Crippen LogP contribution is 2.25. The molecule has 1 heterocycles. The summed E-state index contributed by atoms with van der Waals surface area (Å²) in [7, 11) is 1.55. The number of hydrogen-bond donors (Lipinski definition) is 1. The number of hydrogen-bond acceptors (Lipinski definition) is 4. The smallest absolute Gasteiger partial charge is 0.406 e. The number of rotatable bonds is 3. The zero-order chi connectivity index (χ0) is 14.9. The largest absolute Gasteiger partial charge is 0.573 e. The number of anilines is 1. The Morgan fingerprint density at radius 1 is 1.40 bits per heavy atom. The second-order valence-corrected chi connectivity index (χ2v) is 3.97. The molecule has 20 heavy (non-hydrogen) atoms. The third kappa shape index (κ3) is 2.90. The van der Waals surface area contributed by atoms with Crippen molar-refractivity contribution in [3.63, 3.8) is 0 Å². The van der Waals surface area contributed by atoms with Gasteiger partial charge in [0.05, 0.1) is 11.8 Å². The van der Waals surface area contributed by atoms with E-state index in [2.05, 4.69) is 9.84 Å². The van der Waals surface area contributed by atoms with Crippen molar-refractivity contribution in [3.8, 4) is 5.75 Å². The monoisotopic (exact) mass is 285 g/mol. The van der Waals surface area contributed by atoms with E-state index in [4.69, 9.17) is 5.73 Å². The van der Waals surface area contributed by atoms with Crippen LogP contribution in [0.25, 0.3) is 0 Å². The highest BCUT2D eigenvalue weighted by molar-refractivity contribution is 6.11. The van der Waals surface area contributed by atoms with Crippen molar-refractivity contribution in [2.75, 3.05) is 5.73 Å². The standard InChI is InChI=1S/C12H10F3N3O2/c1-18-11(16)9(6-17-18)10(19)7-3-2-4-8(5-7)20-12(13,14)15/h2-6H,16H2,1H3. The summed E-state index contributed by atoms with van der Waals surface area (Å²) in [5.41, 5.74) is 5.80. The van der Waals surface area contributed by atoms with E-state index in [0.29, 0.717) is 0 Å². The number of benzene rings is 1. The topological polar surface area (TPSA) is 70.1 Å². The Labute approximate surface area is 111 Å². The van der Waals surface area contributed by atoms with E-state index < -0.39 is 17.9 Å². The Bertz CT molecular complexity index is 650. The van der Waals surface area contributed by atoms with Gasteiger partial charge in [-0.25, -0.2) is 0 Å². The first-order valence-electron chi connectivity index (χ1n) is 5.46. The molecule has 0 bridgehead atoms. The summed E-state index contributed by atoms with van der Waals surface area (Å²) in [5.74, 6) is -0.855. The Morgan fingerprint density at radius 3 is 2.65 bits per heavy atom. The number of alkyl halides is 3. The number of nitrogens with two attached hydrogens (primary N) is 1. The molecule has 0 aliphatic heterocycles. The van der Waals surface area contributed by atoms with Gasteiger partial charge in [0, 0.05) is 12.6 Å². The van der Waals surface area contributed by atoms with E-state index in [9.17, 15) is 18.0 Å². The number of carbonyl (C=O) groups excluding carboxylic acids is 1. The Morgan fingerprint density at radius 2 is 2.10 bits per heavy atom. The summed E-state index contributed by atoms with van der Waals surface area (Å²) in [6.07, 6.45) is -3.55. The Kier molecular flexibility index (Phi) is 3.39. The van der Waals surface area contributed by atoms with E-state index >= 15 is 0 Å². The number of ether oxygens (including phenoxy) is 1. The van der Waals surface area contributed by atoms with Crippen LogP contribution in [0.5, 0.6) is 5.75 Å². The van der Waals surface area contributed by atoms with Crippen LogP contribution in [0.3, 0.4) is 0 Å². The SMILES string of the molecule is Cn1ncc(C(=O)c2cccc(OC(F)(F)F)c2)c1N. The lowest BCUT2D eigenvalue weighted by atomic mass is 10.1. The Hall–Kier alpha value is -2.51. The van der Waals surface area contributed by atoms with Gasteiger partial charge in [0.15, 0.2) is 5.78 Å². The average molecular weight is 285 g/mol. The summed E-state index contributed by atoms with van der Waals surface area (Å²) in [4.78, 5) is 12.1. The normalized spacial score (nSPS) is 11.4. The molecule has 5 nitrogen and oxygen atoms in total. The number of ketones is 1. The molecule has 2 N–H and O–H groups in total. The maximum absolute atomic E-state index is 12.1. The van der Waals surface area contributed by atoms with E-state index in [1.165, 1.54) is 23.0 Å². The van der Waals surface area contributed by atoms with Crippen LogP contribution < -0.4 is 10.5 Å². The first-order chi connectivity index (χ1) is 9.28. The molecule has 2 aromatic rings. The molecule has 8 heteroatoms. The first kappa shape index (κ1) is 13.9. The van der Waals surface area contributed by atoms with Gasteiger partial charge in [0.2, 0.25) is 0 Å². The van der Waals surface area contributed by atoms with Crippen LogP contribution in [0.2, 0.25) is 0 Å². The number of halogens is 3. The summed E-state index contributed by atoms with van der Waals surface area (Å²) in [6, 6.07) is 4.78. The molecule has 0 aliphatic carbocycles. The molecule has 1 aromatic heterocycles. The molecular weight excluding hydrogens is 275 g/mol. The fraction of sp³-hybridized carbons (Fsp3) is 0.167. The molecule has 2 rings (SSSR count). The molecule has 0 atom stereocenters. The predicted molar refractivity (Wildman–Crippen MR) is 64.2 cm³/mol. The number of nitrogen functional groups attached to an aromatic ring is 1. The van der Waals surface area contributed by atoms with Crippen LogP contribution in [0.15, 0.2) is 30.5 Å². The molecule has 0 radical (unpaired) electrons. The minimum absolute atomic E-state index is 0.0338. The number of nitrogens with zero attached hydrogens (tertiary/aromatic N) is 2. The van der Waals surface area contributed by atoms with E-state index in [1.54, 1.807) is 7.05 Å². The van der Waals surface area contributed by atoms with Gasteiger partial charge in [0.25, 0.3) is 0 Å². The van der Waals surface area contributed by atoms with E-state index in [1.807, 2.05) is 0 Å². The van der Waals surface area contributed by atoms with E-state index in [-0.39, 0.29) is 16.9 Å². The van der Waals surface area contributed by atoms with Gasteiger partial charge in [-0.1, -0.05) is 12.1 Å². The third-order valence-electron chi connectivity index (χ3n) is 2.56. The zero-order valence-electron chi connectivity index (χ0n) is 10.3. The number of aromatic nitrogens is 2. The van der Waals surface area contributed by atoms with Crippen LogP contribution in [0, 0.1) is 0 Å². The molecule has 0 amide bonds. The van der Waals surface area contributed by atoms with Gasteiger partial charge in [-0.2, -0.15) is 5.10 Å². The lowest BCUT2D eigenvalue weighted by Gasteiger charge is -2.09. The van der Waals surface area contributed by atoms with Crippen LogP contribution in [-0.2, 0) is 7.05 Å². The molecular formula is C12H10F3N3O2. The lowest BCUT2D eigenvalue weighted by Crippen LogP contribution is -2.17. The molecule has 0 aliphatic rings. The highest BCUT2D eigenvalue weighted by atomic mass is 19.4. The average Bonchev–Trinajstić information content (AvgIpc) is 2.67. The maximum Gasteiger partial charge on any atom is 0.573 e. The zero-order valence-corrected chi connectivity index (χ0v) is 10.3. The fourth-order valence-corrected chi connectivity index (χ4v) is 1.61. The van der Waals surface area contributed by atoms with Crippen LogP contribution in [-0.4, -0.2) is 21.9 Å². The van der Waals surface area contributed by atoms with Crippen molar-refractivity contribution < 1.29 is 22.7 Å². The van der Waals surface area contributed by atoms with Gasteiger partial charge in [-0.05, 0) is 12.1 Å². The van der Waals surface area contributed by atoms with Crippen molar-refractivity contribution in [1.82, 2.24) is 9.78 Å². The van der Waals surface area contributed by atoms with Crippen molar-refractivity contribution in [2.24, 2.45) is 7.05 Å². The van der Waals surface area contributed by atoms with Gasteiger partial charge in [0.1, 0.15) is 11.6 Å². The quantitative estimate of drug-likeness (QED) is 0.877. The van der Waals surface area contributed by atoms with Gasteiger partial charge in [-0.3, -0.25) is 9.48 Å². The van der Waals surface area contributed by atoms with Crippen LogP contribution in [0.4, 0.5) is 19.0 Å². The van der Waals surface area contributed by atoms with Crippen molar-refractivity contribution in [3.05, 3.63) is 41.6 Å². The fourth-order valence-electron chi connectivity index (χ4n) is 1.61. The van der Waals surface area contributed by atoms with Gasteiger partial charge in [-0.15, -0.1) is 13.2 Å². The van der Waals surface area contributed by atoms with Gasteiger partial charge >= 0.3 is 6.36 Å². The van der Waals surface area contributed by atoms with Crippen LogP contribution >= 0.6 is 0 Å². The Balaban J connectivity index is 2.32. The first-order valence-corrected chi connectivity index (χ1v) is 5.46. The van der Waals surface area contributed by atoms with Crippen molar-refractivity contribution in [1.29, 1.82) is 0 Å². The third-order valence-corrected chi connectivity index (χ3v) is 2.56. The second kappa shape index (κ2) is 4.87. The van der Waals surface area contributed by atoms with Crippen molar-refractivity contribution >= 4 is 11.6 Å². The minimum Gasteiger partial charge on any atom is -0.406 e. The molecule has 0 spiro atoms. The molecule has 106 valence electrons. The molecule has 0 saturated heterocycles. The number of carbonyl (C=O) groups is 1. The summed E-state index contributed by atoms with van der Waals surface area (Å²) >= 11 is 0. The van der Waals surface area contributed by atoms with Gasteiger partial charge < -0.3 is 10.5 Å². The summed E-state index contributed by atoms with van der Waals surface area (Å²) in [5, 5.41) is 3.80. The van der Waals surface area contributed by atoms with Crippen LogP contribution in [0.1, 0.15) is 15.9 Å². The van der Waals surface area contributed by atoms with Crippen molar-refractivity contribution in [2.45, 2.75) is 6.36 Å². The summed E-state index contributed by atoms with van der Waals surface area (Å²) in [6.45, 7) is 0. The predicted octanol–water partition coefficient (Wildman–Crippen LogP) is 2.13. The maximum atomic E-state index is 12.1.